The monoisotopic (exact) mass is 436 g/mol. The Morgan fingerprint density at radius 3 is 2.68 bits per heavy atom. The normalized spacial score (nSPS) is 31.6. The lowest BCUT2D eigenvalue weighted by Gasteiger charge is -2.42. The second kappa shape index (κ2) is 8.90. The van der Waals surface area contributed by atoms with Gasteiger partial charge in [-0.3, -0.25) is 14.4 Å². The van der Waals surface area contributed by atoms with Gasteiger partial charge in [-0.25, -0.2) is 0 Å². The van der Waals surface area contributed by atoms with Gasteiger partial charge in [-0.15, -0.1) is 6.58 Å². The first-order valence-corrected chi connectivity index (χ1v) is 11.3. The van der Waals surface area contributed by atoms with Gasteiger partial charge < -0.3 is 24.4 Å². The van der Waals surface area contributed by atoms with Crippen LogP contribution in [0.25, 0.3) is 0 Å². The summed E-state index contributed by atoms with van der Waals surface area (Å²) in [5.41, 5.74) is -1.49. The van der Waals surface area contributed by atoms with Crippen molar-refractivity contribution in [3.8, 4) is 0 Å². The number of fused-ring (bicyclic) bond motifs is 1. The molecule has 3 heterocycles. The highest BCUT2D eigenvalue weighted by Crippen LogP contribution is 2.59. The maximum Gasteiger partial charge on any atom is 0.312 e. The van der Waals surface area contributed by atoms with Crippen molar-refractivity contribution < 1.29 is 29.0 Å². The minimum atomic E-state index is -1.01. The molecule has 8 heteroatoms. The average molecular weight is 437 g/mol. The molecule has 0 aromatic carbocycles. The molecule has 0 aromatic heterocycles. The van der Waals surface area contributed by atoms with Gasteiger partial charge >= 0.3 is 5.97 Å². The molecule has 0 aliphatic carbocycles. The number of aliphatic hydroxyl groups is 1. The second-order valence-corrected chi connectivity index (χ2v) is 9.68. The minimum absolute atomic E-state index is 0.0177. The molecule has 8 nitrogen and oxygen atoms in total. The Morgan fingerprint density at radius 2 is 2.10 bits per heavy atom. The van der Waals surface area contributed by atoms with Gasteiger partial charge in [-0.2, -0.15) is 0 Å². The molecule has 0 saturated carbocycles. The molecule has 0 aromatic rings. The highest BCUT2D eigenvalue weighted by Gasteiger charge is 2.75. The van der Waals surface area contributed by atoms with E-state index in [-0.39, 0.29) is 25.0 Å². The number of carbonyl (C=O) groups excluding carboxylic acids is 3. The van der Waals surface area contributed by atoms with Crippen molar-refractivity contribution in [2.45, 2.75) is 76.7 Å². The quantitative estimate of drug-likeness (QED) is 0.334. The fraction of sp³-hybridized carbons (Fsp3) is 0.783. The molecule has 3 aliphatic rings. The topological polar surface area (TPSA) is 96.4 Å². The molecule has 2 amide bonds. The van der Waals surface area contributed by atoms with Gasteiger partial charge in [0.2, 0.25) is 11.8 Å². The van der Waals surface area contributed by atoms with E-state index in [1.54, 1.807) is 22.8 Å². The van der Waals surface area contributed by atoms with E-state index in [9.17, 15) is 19.5 Å². The lowest BCUT2D eigenvalue weighted by atomic mass is 9.70. The van der Waals surface area contributed by atoms with Gasteiger partial charge in [-0.05, 0) is 53.4 Å². The predicted octanol–water partition coefficient (Wildman–Crippen LogP) is 1.51. The predicted molar refractivity (Wildman–Crippen MR) is 114 cm³/mol. The number of ether oxygens (including phenoxy) is 2. The Kier molecular flexibility index (Phi) is 6.81. The fourth-order valence-electron chi connectivity index (χ4n) is 5.54. The number of likely N-dealkylation sites (tertiary alicyclic amines) is 1. The lowest BCUT2D eigenvalue weighted by Crippen LogP contribution is -2.59. The summed E-state index contributed by atoms with van der Waals surface area (Å²) in [6.45, 7) is 12.3. The maximum atomic E-state index is 13.9. The zero-order chi connectivity index (χ0) is 23.0. The Labute approximate surface area is 184 Å². The first-order valence-electron chi connectivity index (χ1n) is 11.3. The smallest absolute Gasteiger partial charge is 0.312 e. The van der Waals surface area contributed by atoms with Gasteiger partial charge in [0.15, 0.2) is 0 Å². The third kappa shape index (κ3) is 3.89. The third-order valence-corrected chi connectivity index (χ3v) is 6.79. The molecule has 2 unspecified atom stereocenters. The van der Waals surface area contributed by atoms with Crippen molar-refractivity contribution in [2.75, 3.05) is 26.3 Å². The van der Waals surface area contributed by atoms with Crippen molar-refractivity contribution in [2.24, 2.45) is 11.8 Å². The summed E-state index contributed by atoms with van der Waals surface area (Å²) >= 11 is 0. The highest BCUT2D eigenvalue weighted by atomic mass is 16.6. The molecule has 1 spiro atoms. The van der Waals surface area contributed by atoms with Crippen molar-refractivity contribution in [1.82, 2.24) is 9.80 Å². The van der Waals surface area contributed by atoms with Crippen molar-refractivity contribution in [3.63, 3.8) is 0 Å². The summed E-state index contributed by atoms with van der Waals surface area (Å²) in [6.07, 6.45) is 3.56. The molecule has 31 heavy (non-hydrogen) atoms. The number of carbonyl (C=O) groups is 3. The van der Waals surface area contributed by atoms with Crippen LogP contribution in [-0.4, -0.2) is 82.3 Å². The standard InChI is InChI=1S/C23H36N2O6/c1-6-12-25(22(3,4)5)20(28)18-23-11-10-15(31-23)16(21(29)30-7-2)17(23)19(27)24(18)13-8-9-14-26/h6,15-18,26H,1,7-14H2,2-5H3/t15-,16+,17-,18?,23?/m0/s1. The number of nitrogens with zero attached hydrogens (tertiary/aromatic N) is 2. The summed E-state index contributed by atoms with van der Waals surface area (Å²) in [4.78, 5) is 43.6. The van der Waals surface area contributed by atoms with Crippen molar-refractivity contribution in [3.05, 3.63) is 12.7 Å². The van der Waals surface area contributed by atoms with Crippen LogP contribution in [0.3, 0.4) is 0 Å². The fourth-order valence-corrected chi connectivity index (χ4v) is 5.54. The van der Waals surface area contributed by atoms with Gasteiger partial charge in [0.1, 0.15) is 11.6 Å². The number of hydrogen-bond donors (Lipinski definition) is 1. The zero-order valence-corrected chi connectivity index (χ0v) is 19.1. The van der Waals surface area contributed by atoms with E-state index in [0.717, 1.165) is 0 Å². The molecule has 2 bridgehead atoms. The number of aliphatic hydroxyl groups excluding tert-OH is 1. The first kappa shape index (κ1) is 23.7. The third-order valence-electron chi connectivity index (χ3n) is 6.79. The summed E-state index contributed by atoms with van der Waals surface area (Å²) in [6, 6.07) is -0.799. The van der Waals surface area contributed by atoms with E-state index >= 15 is 0 Å². The molecule has 0 radical (unpaired) electrons. The maximum absolute atomic E-state index is 13.9. The molecule has 3 aliphatic heterocycles. The summed E-state index contributed by atoms with van der Waals surface area (Å²) in [5.74, 6) is -2.21. The number of unbranched alkanes of at least 4 members (excludes halogenated alkanes) is 1. The van der Waals surface area contributed by atoms with Crippen molar-refractivity contribution in [1.29, 1.82) is 0 Å². The van der Waals surface area contributed by atoms with Gasteiger partial charge in [0.25, 0.3) is 0 Å². The van der Waals surface area contributed by atoms with Crippen LogP contribution in [-0.2, 0) is 23.9 Å². The second-order valence-electron chi connectivity index (χ2n) is 9.68. The molecule has 5 atom stereocenters. The number of amides is 2. The van der Waals surface area contributed by atoms with Crippen molar-refractivity contribution >= 4 is 17.8 Å². The molecular weight excluding hydrogens is 400 g/mol. The van der Waals surface area contributed by atoms with Crippen LogP contribution in [0.1, 0.15) is 53.4 Å². The molecular formula is C23H36N2O6. The lowest BCUT2D eigenvalue weighted by molar-refractivity contribution is -0.155. The van der Waals surface area contributed by atoms with Crippen LogP contribution in [0.4, 0.5) is 0 Å². The van der Waals surface area contributed by atoms with Gasteiger partial charge in [0, 0.05) is 25.2 Å². The SMILES string of the molecule is C=CCN(C(=O)C1N(CCCCO)C(=O)[C@@H]2[C@H](C(=O)OCC)[C@@H]3CCC12O3)C(C)(C)C. The van der Waals surface area contributed by atoms with E-state index in [4.69, 9.17) is 9.47 Å². The zero-order valence-electron chi connectivity index (χ0n) is 19.1. The average Bonchev–Trinajstić information content (AvgIpc) is 3.33. The molecule has 3 rings (SSSR count). The van der Waals surface area contributed by atoms with Crippen LogP contribution in [0.5, 0.6) is 0 Å². The van der Waals surface area contributed by atoms with E-state index in [1.807, 2.05) is 20.8 Å². The Balaban J connectivity index is 2.02. The molecule has 3 fully saturated rings. The summed E-state index contributed by atoms with van der Waals surface area (Å²) in [7, 11) is 0. The molecule has 3 saturated heterocycles. The van der Waals surface area contributed by atoms with Gasteiger partial charge in [-0.1, -0.05) is 6.08 Å². The minimum Gasteiger partial charge on any atom is -0.466 e. The molecule has 1 N–H and O–H groups in total. The van der Waals surface area contributed by atoms with E-state index in [1.165, 1.54) is 0 Å². The van der Waals surface area contributed by atoms with Crippen LogP contribution in [0, 0.1) is 11.8 Å². The first-order chi connectivity index (χ1) is 14.6. The number of hydrogen-bond acceptors (Lipinski definition) is 6. The Bertz CT molecular complexity index is 732. The Hall–Kier alpha value is -1.93. The van der Waals surface area contributed by atoms with Crippen LogP contribution >= 0.6 is 0 Å². The van der Waals surface area contributed by atoms with E-state index in [2.05, 4.69) is 6.58 Å². The summed E-state index contributed by atoms with van der Waals surface area (Å²) in [5, 5.41) is 9.21. The van der Waals surface area contributed by atoms with Crippen LogP contribution < -0.4 is 0 Å². The molecule has 174 valence electrons. The van der Waals surface area contributed by atoms with Crippen LogP contribution in [0.15, 0.2) is 12.7 Å². The van der Waals surface area contributed by atoms with E-state index < -0.39 is 41.1 Å². The highest BCUT2D eigenvalue weighted by molar-refractivity contribution is 5.98. The van der Waals surface area contributed by atoms with E-state index in [0.29, 0.717) is 38.8 Å². The Morgan fingerprint density at radius 1 is 1.39 bits per heavy atom. The number of rotatable bonds is 9. The van der Waals surface area contributed by atoms with Gasteiger partial charge in [0.05, 0.1) is 24.5 Å². The van der Waals surface area contributed by atoms with Crippen LogP contribution in [0.2, 0.25) is 0 Å². The summed E-state index contributed by atoms with van der Waals surface area (Å²) < 4.78 is 11.6. The largest absolute Gasteiger partial charge is 0.466 e. The number of esters is 1.